The monoisotopic (exact) mass is 412 g/mol. The predicted molar refractivity (Wildman–Crippen MR) is 97.5 cm³/mol. The van der Waals surface area contributed by atoms with Crippen LogP contribution in [0.25, 0.3) is 0 Å². The number of rotatable bonds is 1. The van der Waals surface area contributed by atoms with E-state index in [1.807, 2.05) is 60.7 Å². The number of halogens is 1. The summed E-state index contributed by atoms with van der Waals surface area (Å²) < 4.78 is 0. The van der Waals surface area contributed by atoms with Gasteiger partial charge in [0.25, 0.3) is 0 Å². The van der Waals surface area contributed by atoms with E-state index in [1.54, 1.807) is 18.2 Å². The second kappa shape index (κ2) is 15.3. The van der Waals surface area contributed by atoms with Crippen molar-refractivity contribution in [3.8, 4) is 0 Å². The van der Waals surface area contributed by atoms with Gasteiger partial charge in [-0.05, 0) is 12.1 Å². The van der Waals surface area contributed by atoms with Gasteiger partial charge in [0.15, 0.2) is 5.30 Å². The van der Waals surface area contributed by atoms with Gasteiger partial charge in [0.1, 0.15) is 0 Å². The Morgan fingerprint density at radius 1 is 0.583 bits per heavy atom. The van der Waals surface area contributed by atoms with Crippen molar-refractivity contribution in [2.75, 3.05) is 0 Å². The fraction of sp³-hybridized carbons (Fsp3) is 0. The smallest absolute Gasteiger partial charge is 0.189 e. The molecule has 0 spiro atoms. The van der Waals surface area contributed by atoms with Crippen LogP contribution in [0.1, 0.15) is 0 Å². The van der Waals surface area contributed by atoms with E-state index in [1.165, 1.54) is 12.1 Å². The van der Waals surface area contributed by atoms with Crippen LogP contribution < -0.4 is 5.30 Å². The zero-order valence-corrected chi connectivity index (χ0v) is 15.3. The molecule has 1 radical (unpaired) electrons. The van der Waals surface area contributed by atoms with Crippen LogP contribution in [-0.2, 0) is 17.1 Å². The molecule has 0 aromatic heterocycles. The van der Waals surface area contributed by atoms with Crippen LogP contribution in [0.5, 0.6) is 0 Å². The minimum Gasteiger partial charge on any atom is -0.189 e. The van der Waals surface area contributed by atoms with Crippen molar-refractivity contribution in [3.63, 3.8) is 0 Å². The van der Waals surface area contributed by atoms with E-state index >= 15 is 0 Å². The maximum atomic E-state index is 8.71. The van der Waals surface area contributed by atoms with Crippen molar-refractivity contribution in [2.24, 2.45) is 0 Å². The first kappa shape index (κ1) is 25.0. The molecule has 0 aliphatic carbocycles. The van der Waals surface area contributed by atoms with E-state index in [2.05, 4.69) is 12.1 Å². The van der Waals surface area contributed by atoms with Crippen molar-refractivity contribution in [2.45, 2.75) is 0 Å². The molecule has 6 heteroatoms. The van der Waals surface area contributed by atoms with Crippen molar-refractivity contribution >= 4 is 25.7 Å². The summed E-state index contributed by atoms with van der Waals surface area (Å²) in [6.07, 6.45) is 0. The fourth-order valence-electron chi connectivity index (χ4n) is 1.31. The molecule has 3 rings (SSSR count). The maximum absolute atomic E-state index is 8.71. The molecule has 131 valence electrons. The molecule has 0 bridgehead atoms. The van der Waals surface area contributed by atoms with Gasteiger partial charge in [0, 0.05) is 0 Å². The molecule has 0 aliphatic heterocycles. The molecule has 0 amide bonds. The van der Waals surface area contributed by atoms with Gasteiger partial charge >= 0.3 is 25.0 Å². The molecule has 0 atom stereocenters. The Bertz CT molecular complexity index is 508. The quantitative estimate of drug-likeness (QED) is 0.326. The Hall–Kier alpha value is -1.22. The summed E-state index contributed by atoms with van der Waals surface area (Å²) in [7, 11) is -3.77. The zero-order valence-electron chi connectivity index (χ0n) is 12.7. The standard InChI is InChI=1S/C6H8O3P.2C6H5.ClH.Cu/c7-10(8,9)6-4-2-1-3-5-6;2*1-2-4-6-5-3-1;;/h1-5,7-9H;2*1-5H;1H;/q+1;2*-1;;+2. The Balaban J connectivity index is 0. The number of hydrogen-bond donors (Lipinski definition) is 3. The van der Waals surface area contributed by atoms with Gasteiger partial charge in [-0.3, -0.25) is 0 Å². The van der Waals surface area contributed by atoms with Crippen molar-refractivity contribution < 1.29 is 31.7 Å². The normalized spacial score (nSPS) is 8.79. The van der Waals surface area contributed by atoms with Crippen LogP contribution >= 0.6 is 20.4 Å². The molecule has 0 saturated heterocycles. The summed E-state index contributed by atoms with van der Waals surface area (Å²) in [5, 5.41) is 0.176. The fourth-order valence-corrected chi connectivity index (χ4v) is 1.88. The predicted octanol–water partition coefficient (Wildman–Crippen LogP) is 3.44. The molecule has 24 heavy (non-hydrogen) atoms. The Labute approximate surface area is 160 Å². The van der Waals surface area contributed by atoms with Crippen LogP contribution in [0.2, 0.25) is 0 Å². The molecule has 3 N–H and O–H groups in total. The molecule has 3 aromatic rings. The van der Waals surface area contributed by atoms with E-state index in [0.717, 1.165) is 0 Å². The summed E-state index contributed by atoms with van der Waals surface area (Å²) in [5.74, 6) is 0. The van der Waals surface area contributed by atoms with Gasteiger partial charge in [-0.25, -0.2) is 0 Å². The Morgan fingerprint density at radius 2 is 0.917 bits per heavy atom. The van der Waals surface area contributed by atoms with Crippen molar-refractivity contribution in [1.82, 2.24) is 0 Å². The Morgan fingerprint density at radius 3 is 1.08 bits per heavy atom. The average molecular weight is 413 g/mol. The van der Waals surface area contributed by atoms with Gasteiger partial charge in [0.05, 0.1) is 0 Å². The van der Waals surface area contributed by atoms with Crippen LogP contribution in [-0.4, -0.2) is 14.7 Å². The molecule has 0 fully saturated rings. The molecule has 0 aliphatic rings. The van der Waals surface area contributed by atoms with Crippen molar-refractivity contribution in [1.29, 1.82) is 0 Å². The van der Waals surface area contributed by atoms with Crippen LogP contribution in [0.15, 0.2) is 91.0 Å². The topological polar surface area (TPSA) is 60.7 Å². The molecule has 0 saturated carbocycles. The van der Waals surface area contributed by atoms with Gasteiger partial charge in [-0.1, -0.05) is 18.2 Å². The maximum Gasteiger partial charge on any atom is 2.00 e. The van der Waals surface area contributed by atoms with Crippen LogP contribution in [0.3, 0.4) is 0 Å². The molecular weight excluding hydrogens is 394 g/mol. The molecule has 0 heterocycles. The van der Waals surface area contributed by atoms with Crippen LogP contribution in [0, 0.1) is 12.1 Å². The zero-order chi connectivity index (χ0) is 16.1. The first-order valence-corrected chi connectivity index (χ1v) is 8.20. The third kappa shape index (κ3) is 13.2. The first-order chi connectivity index (χ1) is 10.6. The van der Waals surface area contributed by atoms with E-state index in [9.17, 15) is 0 Å². The van der Waals surface area contributed by atoms with E-state index in [-0.39, 0.29) is 34.8 Å². The second-order valence-electron chi connectivity index (χ2n) is 4.06. The molecular formula is C18H19ClCuO3P+. The summed E-state index contributed by atoms with van der Waals surface area (Å²) in [6.45, 7) is 0. The summed E-state index contributed by atoms with van der Waals surface area (Å²) >= 11 is 0. The largest absolute Gasteiger partial charge is 2.00 e. The van der Waals surface area contributed by atoms with Crippen molar-refractivity contribution in [3.05, 3.63) is 103 Å². The third-order valence-electron chi connectivity index (χ3n) is 2.32. The van der Waals surface area contributed by atoms with Gasteiger partial charge in [-0.2, -0.15) is 87.5 Å². The van der Waals surface area contributed by atoms with E-state index < -0.39 is 7.94 Å². The summed E-state index contributed by atoms with van der Waals surface area (Å²) in [4.78, 5) is 26.1. The van der Waals surface area contributed by atoms with Gasteiger partial charge in [0.2, 0.25) is 0 Å². The molecule has 3 aromatic carbocycles. The molecule has 3 nitrogen and oxygen atoms in total. The second-order valence-corrected chi connectivity index (χ2v) is 5.71. The summed E-state index contributed by atoms with van der Waals surface area (Å²) in [6, 6.07) is 32.9. The number of benzene rings is 3. The molecule has 0 unspecified atom stereocenters. The van der Waals surface area contributed by atoms with E-state index in [4.69, 9.17) is 14.7 Å². The number of hydrogen-bond acceptors (Lipinski definition) is 3. The van der Waals surface area contributed by atoms with Gasteiger partial charge < -0.3 is 0 Å². The first-order valence-electron chi connectivity index (χ1n) is 6.56. The average Bonchev–Trinajstić information content (AvgIpc) is 2.59. The minimum atomic E-state index is -3.77. The summed E-state index contributed by atoms with van der Waals surface area (Å²) in [5.41, 5.74) is 0. The third-order valence-corrected chi connectivity index (χ3v) is 3.31. The van der Waals surface area contributed by atoms with E-state index in [0.29, 0.717) is 0 Å². The van der Waals surface area contributed by atoms with Crippen LogP contribution in [0.4, 0.5) is 0 Å². The Kier molecular flexibility index (Phi) is 16.0. The SMILES string of the molecule is Cl.O[P+](O)(O)c1ccccc1.[Cu+2].[c-]1ccccc1.[c-]1ccccc1. The van der Waals surface area contributed by atoms with Gasteiger partial charge in [-0.15, -0.1) is 12.4 Å². The minimum absolute atomic E-state index is 0.